The number of allylic oxidation sites excluding steroid dienone is 3. The number of amides is 1. The molecule has 380 valence electrons. The number of carbonyl (C=O) groups excluding carboxylic acids is 1. The lowest BCUT2D eigenvalue weighted by Gasteiger charge is -2.21. The first-order valence-electron chi connectivity index (χ1n) is 29.1. The van der Waals surface area contributed by atoms with Crippen molar-refractivity contribution >= 4 is 5.91 Å². The molecule has 5 heteroatoms. The fourth-order valence-electron chi connectivity index (χ4n) is 9.28. The van der Waals surface area contributed by atoms with Crippen LogP contribution in [0.25, 0.3) is 0 Å². The lowest BCUT2D eigenvalue weighted by molar-refractivity contribution is -0.124. The van der Waals surface area contributed by atoms with Gasteiger partial charge in [0.2, 0.25) is 5.91 Å². The Kier molecular flexibility index (Phi) is 53.4. The van der Waals surface area contributed by atoms with Crippen LogP contribution in [0.15, 0.2) is 24.3 Å². The maximum absolute atomic E-state index is 12.5. The Hall–Kier alpha value is -1.17. The van der Waals surface area contributed by atoms with E-state index in [2.05, 4.69) is 31.3 Å². The summed E-state index contributed by atoms with van der Waals surface area (Å²) in [5.74, 6) is -0.310. The van der Waals surface area contributed by atoms with Gasteiger partial charge in [-0.25, -0.2) is 0 Å². The van der Waals surface area contributed by atoms with E-state index in [9.17, 15) is 20.1 Å². The molecule has 64 heavy (non-hydrogen) atoms. The molecule has 0 aliphatic carbocycles. The number of carbonyl (C=O) groups is 1. The van der Waals surface area contributed by atoms with Crippen LogP contribution >= 0.6 is 0 Å². The third kappa shape index (κ3) is 50.2. The normalized spacial score (nSPS) is 13.4. The summed E-state index contributed by atoms with van der Waals surface area (Å²) in [7, 11) is 0. The van der Waals surface area contributed by atoms with Crippen molar-refractivity contribution in [2.75, 3.05) is 6.61 Å². The monoisotopic (exact) mass is 902 g/mol. The summed E-state index contributed by atoms with van der Waals surface area (Å²) in [4.78, 5) is 12.5. The lowest BCUT2D eigenvalue weighted by Crippen LogP contribution is -2.45. The average molecular weight is 903 g/mol. The lowest BCUT2D eigenvalue weighted by atomic mass is 10.0. The molecule has 5 nitrogen and oxygen atoms in total. The van der Waals surface area contributed by atoms with Gasteiger partial charge in [-0.2, -0.15) is 0 Å². The molecule has 0 aliphatic rings. The van der Waals surface area contributed by atoms with Crippen molar-refractivity contribution in [2.24, 2.45) is 0 Å². The predicted molar refractivity (Wildman–Crippen MR) is 282 cm³/mol. The van der Waals surface area contributed by atoms with Crippen LogP contribution in [-0.4, -0.2) is 46.1 Å². The highest BCUT2D eigenvalue weighted by Gasteiger charge is 2.20. The van der Waals surface area contributed by atoms with E-state index < -0.39 is 18.2 Å². The molecule has 1 amide bonds. The van der Waals surface area contributed by atoms with E-state index in [-0.39, 0.29) is 18.9 Å². The highest BCUT2D eigenvalue weighted by Crippen LogP contribution is 2.18. The number of unbranched alkanes of at least 4 members (excludes halogenated alkanes) is 43. The minimum atomic E-state index is -0.928. The maximum atomic E-state index is 12.5. The molecule has 0 rings (SSSR count). The van der Waals surface area contributed by atoms with E-state index in [0.29, 0.717) is 6.42 Å². The molecule has 0 saturated carbocycles. The van der Waals surface area contributed by atoms with Gasteiger partial charge in [0.05, 0.1) is 31.3 Å². The van der Waals surface area contributed by atoms with E-state index in [1.807, 2.05) is 6.08 Å². The molecule has 0 aromatic heterocycles. The van der Waals surface area contributed by atoms with Crippen molar-refractivity contribution in [2.45, 2.75) is 340 Å². The zero-order valence-corrected chi connectivity index (χ0v) is 43.4. The number of hydrogen-bond acceptors (Lipinski definition) is 4. The first-order chi connectivity index (χ1) is 31.5. The van der Waals surface area contributed by atoms with E-state index >= 15 is 0 Å². The Bertz CT molecular complexity index is 951. The highest BCUT2D eigenvalue weighted by molar-refractivity contribution is 5.76. The molecular weight excluding hydrogens is 787 g/mol. The Balaban J connectivity index is 3.53. The second-order valence-electron chi connectivity index (χ2n) is 20.3. The van der Waals surface area contributed by atoms with Crippen molar-refractivity contribution < 1.29 is 20.1 Å². The van der Waals surface area contributed by atoms with E-state index in [1.165, 1.54) is 270 Å². The molecule has 0 saturated heterocycles. The zero-order valence-electron chi connectivity index (χ0n) is 43.4. The van der Waals surface area contributed by atoms with Crippen molar-refractivity contribution in [1.29, 1.82) is 0 Å². The van der Waals surface area contributed by atoms with Gasteiger partial charge < -0.3 is 20.6 Å². The minimum Gasteiger partial charge on any atom is -0.394 e. The maximum Gasteiger partial charge on any atom is 0.222 e. The predicted octanol–water partition coefficient (Wildman–Crippen LogP) is 18.1. The van der Waals surface area contributed by atoms with Crippen molar-refractivity contribution in [3.63, 3.8) is 0 Å². The first kappa shape index (κ1) is 62.8. The highest BCUT2D eigenvalue weighted by atomic mass is 16.3. The van der Waals surface area contributed by atoms with Crippen LogP contribution in [0.1, 0.15) is 322 Å². The van der Waals surface area contributed by atoms with Gasteiger partial charge >= 0.3 is 0 Å². The van der Waals surface area contributed by atoms with Gasteiger partial charge in [0.25, 0.3) is 0 Å². The Morgan fingerprint density at radius 2 is 0.656 bits per heavy atom. The van der Waals surface area contributed by atoms with Crippen LogP contribution in [0.4, 0.5) is 0 Å². The summed E-state index contributed by atoms with van der Waals surface area (Å²) in [6.07, 6.45) is 69.5. The number of rotatable bonds is 54. The zero-order chi connectivity index (χ0) is 46.5. The van der Waals surface area contributed by atoms with Gasteiger partial charge in [0, 0.05) is 0 Å². The summed E-state index contributed by atoms with van der Waals surface area (Å²) in [6, 6.07) is -0.743. The quantitative estimate of drug-likeness (QED) is 0.0362. The number of hydrogen-bond donors (Lipinski definition) is 4. The summed E-state index contributed by atoms with van der Waals surface area (Å²) in [6.45, 7) is 4.25. The third-order valence-corrected chi connectivity index (χ3v) is 13.7. The third-order valence-electron chi connectivity index (χ3n) is 13.7. The van der Waals surface area contributed by atoms with Crippen molar-refractivity contribution in [3.05, 3.63) is 24.3 Å². The second kappa shape index (κ2) is 54.4. The summed E-state index contributed by atoms with van der Waals surface area (Å²) < 4.78 is 0. The molecule has 3 unspecified atom stereocenters. The van der Waals surface area contributed by atoms with E-state index in [4.69, 9.17) is 0 Å². The SMILES string of the molecule is CCCCCCCCCCCCCC/C=C\CCCCCCCCCCCCCCCC(O)CC(=O)NC(CO)C(O)/C=C/CCCCCCCCCCCCCCCCCCCC. The molecule has 0 bridgehead atoms. The van der Waals surface area contributed by atoms with E-state index in [0.717, 1.165) is 25.7 Å². The molecule has 4 N–H and O–H groups in total. The van der Waals surface area contributed by atoms with Crippen molar-refractivity contribution in [3.8, 4) is 0 Å². The molecule has 0 spiro atoms. The number of nitrogens with one attached hydrogen (secondary N) is 1. The Morgan fingerprint density at radius 3 is 0.953 bits per heavy atom. The fourth-order valence-corrected chi connectivity index (χ4v) is 9.28. The number of aliphatic hydroxyl groups excluding tert-OH is 3. The molecule has 0 aromatic rings. The molecule has 0 aliphatic heterocycles. The van der Waals surface area contributed by atoms with Gasteiger partial charge in [-0.1, -0.05) is 295 Å². The fraction of sp³-hybridized carbons (Fsp3) is 0.915. The molecule has 0 fully saturated rings. The van der Waals surface area contributed by atoms with Gasteiger partial charge in [0.15, 0.2) is 0 Å². The smallest absolute Gasteiger partial charge is 0.222 e. The van der Waals surface area contributed by atoms with Crippen LogP contribution < -0.4 is 5.32 Å². The summed E-state index contributed by atoms with van der Waals surface area (Å²) in [5, 5.41) is 33.5. The van der Waals surface area contributed by atoms with Crippen LogP contribution in [0.2, 0.25) is 0 Å². The second-order valence-corrected chi connectivity index (χ2v) is 20.3. The van der Waals surface area contributed by atoms with Crippen LogP contribution in [0, 0.1) is 0 Å². The molecule has 0 aromatic carbocycles. The Morgan fingerprint density at radius 1 is 0.391 bits per heavy atom. The largest absolute Gasteiger partial charge is 0.394 e. The van der Waals surface area contributed by atoms with E-state index in [1.54, 1.807) is 6.08 Å². The van der Waals surface area contributed by atoms with Gasteiger partial charge in [-0.3, -0.25) is 4.79 Å². The van der Waals surface area contributed by atoms with Gasteiger partial charge in [-0.15, -0.1) is 0 Å². The molecule has 0 radical (unpaired) electrons. The van der Waals surface area contributed by atoms with Gasteiger partial charge in [0.1, 0.15) is 0 Å². The van der Waals surface area contributed by atoms with Crippen LogP contribution in [0.5, 0.6) is 0 Å². The average Bonchev–Trinajstić information content (AvgIpc) is 3.29. The van der Waals surface area contributed by atoms with Crippen molar-refractivity contribution in [1.82, 2.24) is 5.32 Å². The van der Waals surface area contributed by atoms with Gasteiger partial charge in [-0.05, 0) is 44.9 Å². The van der Waals surface area contributed by atoms with Crippen LogP contribution in [-0.2, 0) is 4.79 Å². The standard InChI is InChI=1S/C59H115NO4/c1-3-5-7-9-11-13-15-17-19-21-23-25-26-27-28-29-30-31-32-33-34-36-38-40-42-44-46-48-50-52-56(62)54-59(64)60-57(55-61)58(63)53-51-49-47-45-43-41-39-37-35-24-22-20-18-16-14-12-10-8-6-4-2/h27-28,51,53,56-58,61-63H,3-26,29-50,52,54-55H2,1-2H3,(H,60,64)/b28-27-,53-51+. The topological polar surface area (TPSA) is 89.8 Å². The number of aliphatic hydroxyl groups is 3. The molecule has 3 atom stereocenters. The van der Waals surface area contributed by atoms with Crippen LogP contribution in [0.3, 0.4) is 0 Å². The molecule has 0 heterocycles. The first-order valence-corrected chi connectivity index (χ1v) is 29.1. The minimum absolute atomic E-state index is 0.0167. The summed E-state index contributed by atoms with van der Waals surface area (Å²) >= 11 is 0. The Labute approximate surface area is 401 Å². The molecular formula is C59H115NO4. The summed E-state index contributed by atoms with van der Waals surface area (Å²) in [5.41, 5.74) is 0.